The molecule has 6 N–H and O–H groups in total. The number of carbonyl (C=O) groups excluding carboxylic acids is 5. The van der Waals surface area contributed by atoms with Gasteiger partial charge in [-0.1, -0.05) is 77.4 Å². The van der Waals surface area contributed by atoms with Crippen LogP contribution in [0.3, 0.4) is 0 Å². The second-order valence-corrected chi connectivity index (χ2v) is 19.2. The fourth-order valence-electron chi connectivity index (χ4n) is 10.3. The van der Waals surface area contributed by atoms with Crippen molar-refractivity contribution in [1.29, 1.82) is 0 Å². The zero-order valence-corrected chi connectivity index (χ0v) is 37.4. The smallest absolute Gasteiger partial charge is 0.405 e. The molecule has 0 radical (unpaired) electrons. The van der Waals surface area contributed by atoms with Crippen molar-refractivity contribution in [2.24, 2.45) is 34.6 Å². The maximum atomic E-state index is 13.8. The Balaban J connectivity index is 1.000. The molecule has 3 aliphatic carbocycles. The van der Waals surface area contributed by atoms with Crippen LogP contribution in [-0.4, -0.2) is 90.8 Å². The summed E-state index contributed by atoms with van der Waals surface area (Å²) in [6, 6.07) is 13.4. The number of nitrogens with zero attached hydrogens (tertiary/aromatic N) is 1. The molecule has 13 heteroatoms. The lowest BCUT2D eigenvalue weighted by atomic mass is 9.43. The Morgan fingerprint density at radius 3 is 2.15 bits per heavy atom. The van der Waals surface area contributed by atoms with E-state index in [0.29, 0.717) is 56.2 Å². The van der Waals surface area contributed by atoms with Crippen LogP contribution in [-0.2, 0) is 34.9 Å². The molecule has 7 rings (SSSR count). The van der Waals surface area contributed by atoms with Gasteiger partial charge in [-0.05, 0) is 130 Å². The Bertz CT molecular complexity index is 1870. The Morgan fingerprint density at radius 2 is 1.54 bits per heavy atom. The highest BCUT2D eigenvalue weighted by atomic mass is 16.7. The zero-order valence-electron chi connectivity index (χ0n) is 37.4. The van der Waals surface area contributed by atoms with Crippen molar-refractivity contribution in [3.05, 3.63) is 59.7 Å². The normalized spacial score (nSPS) is 25.6. The highest BCUT2D eigenvalue weighted by Gasteiger charge is 2.68. The van der Waals surface area contributed by atoms with Gasteiger partial charge in [-0.25, -0.2) is 0 Å². The van der Waals surface area contributed by atoms with Gasteiger partial charge in [0.15, 0.2) is 11.6 Å². The molecule has 332 valence electrons. The molecule has 0 spiro atoms. The summed E-state index contributed by atoms with van der Waals surface area (Å²) in [5, 5.41) is 5.81. The van der Waals surface area contributed by atoms with Crippen LogP contribution in [0, 0.1) is 23.2 Å². The van der Waals surface area contributed by atoms with Crippen molar-refractivity contribution >= 4 is 36.4 Å². The van der Waals surface area contributed by atoms with Crippen LogP contribution in [0.4, 0.5) is 0 Å². The summed E-state index contributed by atoms with van der Waals surface area (Å²) in [6.07, 6.45) is 8.07. The summed E-state index contributed by atoms with van der Waals surface area (Å²) in [5.74, 6) is -1.39. The second kappa shape index (κ2) is 20.1. The van der Waals surface area contributed by atoms with Crippen molar-refractivity contribution in [2.45, 2.75) is 154 Å². The van der Waals surface area contributed by atoms with Crippen LogP contribution >= 0.6 is 0 Å². The summed E-state index contributed by atoms with van der Waals surface area (Å²) >= 11 is 0. The van der Waals surface area contributed by atoms with E-state index < -0.39 is 37.1 Å². The van der Waals surface area contributed by atoms with Gasteiger partial charge in [0.05, 0.1) is 23.8 Å². The summed E-state index contributed by atoms with van der Waals surface area (Å²) in [5.41, 5.74) is 15.2. The maximum Gasteiger partial charge on any atom is 0.461 e. The van der Waals surface area contributed by atoms with Crippen LogP contribution in [0.1, 0.15) is 128 Å². The van der Waals surface area contributed by atoms with Crippen molar-refractivity contribution < 1.29 is 33.3 Å². The van der Waals surface area contributed by atoms with Crippen LogP contribution in [0.5, 0.6) is 0 Å². The van der Waals surface area contributed by atoms with Gasteiger partial charge in [-0.3, -0.25) is 24.0 Å². The molecule has 2 bridgehead atoms. The molecular formula is C48H70BN5O7. The van der Waals surface area contributed by atoms with E-state index in [9.17, 15) is 24.0 Å². The molecule has 2 aliphatic heterocycles. The lowest BCUT2D eigenvalue weighted by Crippen LogP contribution is -2.65. The molecular weight excluding hydrogens is 769 g/mol. The number of nitrogens with two attached hydrogens (primary N) is 2. The van der Waals surface area contributed by atoms with Gasteiger partial charge in [-0.15, -0.1) is 0 Å². The van der Waals surface area contributed by atoms with Crippen LogP contribution in [0.2, 0.25) is 5.82 Å². The molecule has 2 aromatic carbocycles. The summed E-state index contributed by atoms with van der Waals surface area (Å²) in [4.78, 5) is 69.7. The lowest BCUT2D eigenvalue weighted by molar-refractivity contribution is -0.199. The largest absolute Gasteiger partial charge is 0.461 e. The van der Waals surface area contributed by atoms with Crippen molar-refractivity contribution in [3.8, 4) is 11.1 Å². The third-order valence-corrected chi connectivity index (χ3v) is 14.6. The zero-order chi connectivity index (χ0) is 44.1. The highest BCUT2D eigenvalue weighted by Crippen LogP contribution is 2.66. The Labute approximate surface area is 363 Å². The van der Waals surface area contributed by atoms with E-state index in [1.165, 1.54) is 10.5 Å². The fourth-order valence-corrected chi connectivity index (χ4v) is 10.3. The standard InChI is InChI=1S/C48H70BN5O7/c1-7-8-11-32-13-15-33(16-14-32)34-17-19-35(20-18-34)45(58)53-38(21-24-51)46(59)54-25-22-39(54)41(56)26-30(2)44(57)52-37(12-9-10-23-50)40(55)27-31(3)49-60-43-29-36-28-42(47(36,4)5)48(43,6)61-49/h13-20,30-31,36-39,42-43H,7-12,21-29,50-51H2,1-6H3,(H,52,57)(H,53,58)/t30-,31-,36+,37+,38+,39?,42+,43?,48+/m1/s1. The number of nitrogens with one attached hydrogen (secondary N) is 2. The van der Waals surface area contributed by atoms with Gasteiger partial charge in [0, 0.05) is 30.9 Å². The first-order valence-corrected chi connectivity index (χ1v) is 23.0. The van der Waals surface area contributed by atoms with E-state index in [-0.39, 0.29) is 72.1 Å². The predicted octanol–water partition coefficient (Wildman–Crippen LogP) is 6.03. The number of unbranched alkanes of at least 4 members (excludes halogenated alkanes) is 2. The fraction of sp³-hybridized carbons (Fsp3) is 0.646. The van der Waals surface area contributed by atoms with Gasteiger partial charge in [0.2, 0.25) is 11.8 Å². The van der Waals surface area contributed by atoms with Gasteiger partial charge < -0.3 is 36.3 Å². The molecule has 2 saturated heterocycles. The number of hydrogen-bond acceptors (Lipinski definition) is 9. The van der Waals surface area contributed by atoms with Crippen LogP contribution in [0.25, 0.3) is 11.1 Å². The van der Waals surface area contributed by atoms with Crippen LogP contribution < -0.4 is 22.1 Å². The predicted molar refractivity (Wildman–Crippen MR) is 238 cm³/mol. The minimum Gasteiger partial charge on any atom is -0.405 e. The third kappa shape index (κ3) is 10.3. The van der Waals surface area contributed by atoms with E-state index in [0.717, 1.165) is 43.2 Å². The number of likely N-dealkylation sites (tertiary alicyclic amines) is 1. The molecule has 3 amide bonds. The first kappa shape index (κ1) is 46.6. The minimum absolute atomic E-state index is 0.0185. The van der Waals surface area contributed by atoms with Gasteiger partial charge in [0.25, 0.3) is 5.91 Å². The molecule has 5 fully saturated rings. The van der Waals surface area contributed by atoms with Crippen molar-refractivity contribution in [2.75, 3.05) is 19.6 Å². The number of amides is 3. The van der Waals surface area contributed by atoms with Crippen LogP contribution in [0.15, 0.2) is 48.5 Å². The summed E-state index contributed by atoms with van der Waals surface area (Å²) in [7, 11) is -0.493. The molecule has 12 nitrogen and oxygen atoms in total. The minimum atomic E-state index is -0.906. The average molecular weight is 840 g/mol. The molecule has 3 saturated carbocycles. The molecule has 2 aromatic rings. The van der Waals surface area contributed by atoms with Gasteiger partial charge in [0.1, 0.15) is 6.04 Å². The number of Topliss-reactive ketones (excluding diaryl/α,β-unsaturated/α-hetero) is 2. The Kier molecular flexibility index (Phi) is 15.3. The number of ketones is 2. The van der Waals surface area contributed by atoms with Crippen molar-refractivity contribution in [3.63, 3.8) is 0 Å². The topological polar surface area (TPSA) is 183 Å². The van der Waals surface area contributed by atoms with E-state index in [4.69, 9.17) is 20.8 Å². The van der Waals surface area contributed by atoms with Crippen molar-refractivity contribution in [1.82, 2.24) is 15.5 Å². The number of benzene rings is 2. The molecule has 9 atom stereocenters. The number of aryl methyl sites for hydroxylation is 1. The molecule has 2 unspecified atom stereocenters. The SMILES string of the molecule is CCCCc1ccc(-c2ccc(C(=O)N[C@@H](CCN)C(=O)N3CCC3C(=O)C[C@@H](C)C(=O)N[C@@H](CCCCN)C(=O)C[C@@H](C)B3OC4C[C@@H]5C[C@@H](C5(C)C)[C@]4(C)O3)cc2)cc1. The van der Waals surface area contributed by atoms with E-state index in [2.05, 4.69) is 62.6 Å². The van der Waals surface area contributed by atoms with E-state index in [1.807, 2.05) is 19.1 Å². The maximum absolute atomic E-state index is 13.8. The lowest BCUT2D eigenvalue weighted by Gasteiger charge is -2.64. The second-order valence-electron chi connectivity index (χ2n) is 19.2. The summed E-state index contributed by atoms with van der Waals surface area (Å²) in [6.45, 7) is 13.6. The highest BCUT2D eigenvalue weighted by molar-refractivity contribution is 6.47. The molecule has 0 aromatic heterocycles. The quantitative estimate of drug-likeness (QED) is 0.0813. The number of carbonyl (C=O) groups is 5. The number of rotatable bonds is 22. The summed E-state index contributed by atoms with van der Waals surface area (Å²) < 4.78 is 13.1. The monoisotopic (exact) mass is 840 g/mol. The third-order valence-electron chi connectivity index (χ3n) is 14.6. The Morgan fingerprint density at radius 1 is 0.852 bits per heavy atom. The van der Waals surface area contributed by atoms with E-state index in [1.54, 1.807) is 19.1 Å². The van der Waals surface area contributed by atoms with Gasteiger partial charge in [-0.2, -0.15) is 0 Å². The molecule has 5 aliphatic rings. The number of hydrogen-bond donors (Lipinski definition) is 4. The Hall–Kier alpha value is -3.91. The van der Waals surface area contributed by atoms with E-state index >= 15 is 0 Å². The molecule has 2 heterocycles. The van der Waals surface area contributed by atoms with Gasteiger partial charge >= 0.3 is 7.12 Å². The average Bonchev–Trinajstić information content (AvgIpc) is 3.59. The first-order chi connectivity index (χ1) is 29.1. The molecule has 61 heavy (non-hydrogen) atoms. The first-order valence-electron chi connectivity index (χ1n) is 23.0.